The van der Waals surface area contributed by atoms with Gasteiger partial charge < -0.3 is 15.4 Å². The largest absolute Gasteiger partial charge is 0.492 e. The van der Waals surface area contributed by atoms with E-state index in [0.717, 1.165) is 17.5 Å². The van der Waals surface area contributed by atoms with Gasteiger partial charge in [-0.05, 0) is 18.8 Å². The summed E-state index contributed by atoms with van der Waals surface area (Å²) in [4.78, 5) is 14.3. The van der Waals surface area contributed by atoms with Crippen LogP contribution in [0, 0.1) is 5.92 Å². The van der Waals surface area contributed by atoms with Crippen molar-refractivity contribution in [1.82, 2.24) is 0 Å². The number of rotatable bonds is 5. The van der Waals surface area contributed by atoms with E-state index >= 15 is 0 Å². The van der Waals surface area contributed by atoms with E-state index in [0.29, 0.717) is 16.3 Å². The van der Waals surface area contributed by atoms with E-state index in [9.17, 15) is 4.79 Å². The fourth-order valence-corrected chi connectivity index (χ4v) is 3.33. The highest BCUT2D eigenvalue weighted by Gasteiger charge is 2.25. The summed E-state index contributed by atoms with van der Waals surface area (Å²) in [6.07, 6.45) is 3.93. The number of carbonyl (C=O) groups excluding carboxylic acids is 1. The van der Waals surface area contributed by atoms with E-state index < -0.39 is 0 Å². The Labute approximate surface area is 112 Å². The first-order chi connectivity index (χ1) is 8.54. The summed E-state index contributed by atoms with van der Waals surface area (Å²) < 4.78 is 5.35. The van der Waals surface area contributed by atoms with E-state index in [1.165, 1.54) is 37.5 Å². The van der Waals surface area contributed by atoms with E-state index in [-0.39, 0.29) is 5.78 Å². The van der Waals surface area contributed by atoms with Gasteiger partial charge in [-0.1, -0.05) is 6.42 Å². The van der Waals surface area contributed by atoms with Crippen molar-refractivity contribution in [2.75, 3.05) is 31.3 Å². The molecule has 5 heteroatoms. The second-order valence-corrected chi connectivity index (χ2v) is 5.92. The molecule has 0 bridgehead atoms. The van der Waals surface area contributed by atoms with Crippen LogP contribution in [0.25, 0.3) is 0 Å². The fraction of sp³-hybridized carbons (Fsp3) is 0.615. The van der Waals surface area contributed by atoms with Crippen LogP contribution in [0.3, 0.4) is 0 Å². The Morgan fingerprint density at radius 2 is 2.22 bits per heavy atom. The van der Waals surface area contributed by atoms with Gasteiger partial charge in [0.1, 0.15) is 5.00 Å². The topological polar surface area (TPSA) is 55.6 Å². The van der Waals surface area contributed by atoms with Gasteiger partial charge in [-0.15, -0.1) is 11.3 Å². The first-order valence-electron chi connectivity index (χ1n) is 6.23. The lowest BCUT2D eigenvalue weighted by molar-refractivity contribution is 0.102. The molecule has 4 nitrogen and oxygen atoms in total. The second kappa shape index (κ2) is 5.18. The van der Waals surface area contributed by atoms with Crippen molar-refractivity contribution >= 4 is 27.8 Å². The normalized spacial score (nSPS) is 15.3. The first kappa shape index (κ1) is 13.2. The van der Waals surface area contributed by atoms with Crippen LogP contribution in [0.15, 0.2) is 0 Å². The Bertz CT molecular complexity index is 452. The number of thiophene rings is 1. The molecule has 1 aliphatic carbocycles. The van der Waals surface area contributed by atoms with Crippen molar-refractivity contribution in [2.45, 2.75) is 26.2 Å². The molecule has 0 saturated heterocycles. The number of Topliss-reactive ketones (excluding diaryl/α,β-unsaturated/α-hetero) is 1. The average Bonchev–Trinajstić information content (AvgIpc) is 2.60. The van der Waals surface area contributed by atoms with Crippen LogP contribution < -0.4 is 15.4 Å². The minimum Gasteiger partial charge on any atom is -0.492 e. The number of nitrogens with zero attached hydrogens (tertiary/aromatic N) is 1. The highest BCUT2D eigenvalue weighted by molar-refractivity contribution is 7.19. The third-order valence-corrected chi connectivity index (χ3v) is 4.91. The Balaban J connectivity index is 2.24. The molecule has 2 N–H and O–H groups in total. The fourth-order valence-electron chi connectivity index (χ4n) is 2.27. The molecule has 18 heavy (non-hydrogen) atoms. The maximum absolute atomic E-state index is 11.5. The van der Waals surface area contributed by atoms with Crippen molar-refractivity contribution in [3.05, 3.63) is 4.88 Å². The van der Waals surface area contributed by atoms with Gasteiger partial charge in [0.25, 0.3) is 0 Å². The van der Waals surface area contributed by atoms with Crippen LogP contribution in [-0.2, 0) is 0 Å². The zero-order valence-electron chi connectivity index (χ0n) is 11.2. The minimum absolute atomic E-state index is 0.000839. The van der Waals surface area contributed by atoms with E-state index in [2.05, 4.69) is 4.90 Å². The van der Waals surface area contributed by atoms with E-state index in [4.69, 9.17) is 10.5 Å². The lowest BCUT2D eigenvalue weighted by atomic mass is 9.85. The summed E-state index contributed by atoms with van der Waals surface area (Å²) in [5.41, 5.74) is 6.45. The first-order valence-corrected chi connectivity index (χ1v) is 7.04. The molecule has 1 aromatic heterocycles. The van der Waals surface area contributed by atoms with Crippen LogP contribution in [0.1, 0.15) is 35.9 Å². The van der Waals surface area contributed by atoms with Crippen LogP contribution in [0.4, 0.5) is 10.7 Å². The monoisotopic (exact) mass is 268 g/mol. The summed E-state index contributed by atoms with van der Waals surface area (Å²) in [5, 5.41) is 0.965. The third-order valence-electron chi connectivity index (χ3n) is 3.51. The van der Waals surface area contributed by atoms with Crippen molar-refractivity contribution < 1.29 is 9.53 Å². The number of nitrogen functional groups attached to an aromatic ring is 1. The predicted molar refractivity (Wildman–Crippen MR) is 75.9 cm³/mol. The van der Waals surface area contributed by atoms with Gasteiger partial charge in [-0.2, -0.15) is 0 Å². The molecule has 0 spiro atoms. The molecule has 1 saturated carbocycles. The van der Waals surface area contributed by atoms with Crippen molar-refractivity contribution in [2.24, 2.45) is 5.92 Å². The molecule has 1 fully saturated rings. The van der Waals surface area contributed by atoms with Crippen LogP contribution in [0.5, 0.6) is 5.75 Å². The van der Waals surface area contributed by atoms with Gasteiger partial charge in [0.15, 0.2) is 11.5 Å². The molecule has 1 aliphatic rings. The summed E-state index contributed by atoms with van der Waals surface area (Å²) in [7, 11) is 3.64. The SMILES string of the molecule is COc1c(N(C)CC2CCC2)sc(C(C)=O)c1N. The molecule has 0 radical (unpaired) electrons. The molecule has 100 valence electrons. The molecule has 0 unspecified atom stereocenters. The van der Waals surface area contributed by atoms with Crippen LogP contribution in [0.2, 0.25) is 0 Å². The van der Waals surface area contributed by atoms with Gasteiger partial charge in [0.2, 0.25) is 0 Å². The molecule has 2 rings (SSSR count). The van der Waals surface area contributed by atoms with Gasteiger partial charge in [-0.3, -0.25) is 4.79 Å². The number of ether oxygens (including phenoxy) is 1. The molecular formula is C13H20N2O2S. The van der Waals surface area contributed by atoms with Crippen LogP contribution >= 0.6 is 11.3 Å². The molecule has 0 atom stereocenters. The van der Waals surface area contributed by atoms with Gasteiger partial charge in [0, 0.05) is 20.5 Å². The third kappa shape index (κ3) is 2.32. The summed E-state index contributed by atoms with van der Waals surface area (Å²) in [5.74, 6) is 1.41. The average molecular weight is 268 g/mol. The smallest absolute Gasteiger partial charge is 0.177 e. The molecule has 0 aliphatic heterocycles. The van der Waals surface area contributed by atoms with E-state index in [1.54, 1.807) is 7.11 Å². The number of anilines is 2. The number of hydrogen-bond donors (Lipinski definition) is 1. The standard InChI is InChI=1S/C13H20N2O2S/c1-8(16)12-10(14)11(17-3)13(18-12)15(2)7-9-5-4-6-9/h9H,4-7,14H2,1-3H3. The molecule has 1 aromatic rings. The Morgan fingerprint density at radius 3 is 2.67 bits per heavy atom. The van der Waals surface area contributed by atoms with Crippen molar-refractivity contribution in [1.29, 1.82) is 0 Å². The van der Waals surface area contributed by atoms with E-state index in [1.807, 2.05) is 7.05 Å². The molecule has 0 aromatic carbocycles. The summed E-state index contributed by atoms with van der Waals surface area (Å²) in [6, 6.07) is 0. The minimum atomic E-state index is -0.000839. The Kier molecular flexibility index (Phi) is 3.80. The van der Waals surface area contributed by atoms with Crippen LogP contribution in [-0.4, -0.2) is 26.5 Å². The predicted octanol–water partition coefficient (Wildman–Crippen LogP) is 2.78. The Morgan fingerprint density at radius 1 is 1.56 bits per heavy atom. The number of ketones is 1. The number of carbonyl (C=O) groups is 1. The summed E-state index contributed by atoms with van der Waals surface area (Å²) >= 11 is 1.43. The lowest BCUT2D eigenvalue weighted by Crippen LogP contribution is -2.28. The maximum Gasteiger partial charge on any atom is 0.177 e. The molecule has 1 heterocycles. The Hall–Kier alpha value is -1.23. The van der Waals surface area contributed by atoms with Crippen molar-refractivity contribution in [3.8, 4) is 5.75 Å². The summed E-state index contributed by atoms with van der Waals surface area (Å²) in [6.45, 7) is 2.55. The molecule has 0 amide bonds. The maximum atomic E-state index is 11.5. The quantitative estimate of drug-likeness (QED) is 0.834. The number of hydrogen-bond acceptors (Lipinski definition) is 5. The highest BCUT2D eigenvalue weighted by Crippen LogP contribution is 2.45. The van der Waals surface area contributed by atoms with Gasteiger partial charge in [-0.25, -0.2) is 0 Å². The lowest BCUT2D eigenvalue weighted by Gasteiger charge is -2.30. The zero-order valence-corrected chi connectivity index (χ0v) is 12.0. The molecular weight excluding hydrogens is 248 g/mol. The van der Waals surface area contributed by atoms with Gasteiger partial charge in [0.05, 0.1) is 17.7 Å². The zero-order chi connectivity index (χ0) is 13.3. The van der Waals surface area contributed by atoms with Crippen molar-refractivity contribution in [3.63, 3.8) is 0 Å². The number of methoxy groups -OCH3 is 1. The number of nitrogens with two attached hydrogens (primary N) is 1. The van der Waals surface area contributed by atoms with Gasteiger partial charge >= 0.3 is 0 Å². The second-order valence-electron chi connectivity index (χ2n) is 4.92. The highest BCUT2D eigenvalue weighted by atomic mass is 32.1.